The number of hydrogen-bond donors (Lipinski definition) is 0. The van der Waals surface area contributed by atoms with E-state index in [1.165, 1.54) is 34.1 Å². The smallest absolute Gasteiger partial charge is 0.0928 e. The van der Waals surface area contributed by atoms with Crippen molar-refractivity contribution in [3.63, 3.8) is 0 Å². The van der Waals surface area contributed by atoms with E-state index in [0.717, 1.165) is 24.4 Å². The van der Waals surface area contributed by atoms with Gasteiger partial charge in [-0.25, -0.2) is 9.97 Å². The van der Waals surface area contributed by atoms with Crippen LogP contribution in [0.3, 0.4) is 0 Å². The zero-order valence-corrected chi connectivity index (χ0v) is 14.0. The van der Waals surface area contributed by atoms with Crippen molar-refractivity contribution in [3.8, 4) is 0 Å². The molecule has 0 spiro atoms. The summed E-state index contributed by atoms with van der Waals surface area (Å²) in [7, 11) is 2.22. The molecule has 2 heterocycles. The summed E-state index contributed by atoms with van der Waals surface area (Å²) in [5.74, 6) is 0. The van der Waals surface area contributed by atoms with Crippen LogP contribution in [0.2, 0.25) is 0 Å². The summed E-state index contributed by atoms with van der Waals surface area (Å²) in [5.41, 5.74) is 2.55. The van der Waals surface area contributed by atoms with Crippen molar-refractivity contribution in [1.82, 2.24) is 14.9 Å². The van der Waals surface area contributed by atoms with Gasteiger partial charge in [-0.1, -0.05) is 6.92 Å². The average molecular weight is 307 g/mol. The molecule has 5 heteroatoms. The van der Waals surface area contributed by atoms with Gasteiger partial charge in [0.2, 0.25) is 0 Å². The third-order valence-corrected chi connectivity index (χ3v) is 6.04. The summed E-state index contributed by atoms with van der Waals surface area (Å²) in [5, 5.41) is 4.63. The Morgan fingerprint density at radius 2 is 2.25 bits per heavy atom. The quantitative estimate of drug-likeness (QED) is 0.855. The van der Waals surface area contributed by atoms with Crippen LogP contribution in [-0.4, -0.2) is 21.9 Å². The normalized spacial score (nSPS) is 18.5. The maximum absolute atomic E-state index is 4.79. The number of aryl methyl sites for hydroxylation is 3. The van der Waals surface area contributed by atoms with Crippen LogP contribution in [0.5, 0.6) is 0 Å². The van der Waals surface area contributed by atoms with Crippen LogP contribution in [0.4, 0.5) is 0 Å². The third kappa shape index (κ3) is 2.80. The van der Waals surface area contributed by atoms with E-state index in [1.54, 1.807) is 11.3 Å². The summed E-state index contributed by atoms with van der Waals surface area (Å²) in [4.78, 5) is 13.3. The van der Waals surface area contributed by atoms with E-state index in [4.69, 9.17) is 4.98 Å². The lowest BCUT2D eigenvalue weighted by atomic mass is 9.97. The first kappa shape index (κ1) is 14.2. The average Bonchev–Trinajstić information content (AvgIpc) is 3.03. The Hall–Kier alpha value is -0.780. The molecule has 0 N–H and O–H groups in total. The van der Waals surface area contributed by atoms with Gasteiger partial charge in [0.15, 0.2) is 0 Å². The largest absolute Gasteiger partial charge is 0.293 e. The first-order valence-corrected chi connectivity index (χ1v) is 8.96. The van der Waals surface area contributed by atoms with E-state index >= 15 is 0 Å². The highest BCUT2D eigenvalue weighted by atomic mass is 32.1. The Labute approximate surface area is 128 Å². The second kappa shape index (κ2) is 5.92. The van der Waals surface area contributed by atoms with Crippen LogP contribution in [0.15, 0.2) is 5.38 Å². The first-order valence-electron chi connectivity index (χ1n) is 7.27. The zero-order valence-electron chi connectivity index (χ0n) is 12.3. The molecular weight excluding hydrogens is 286 g/mol. The molecule has 0 unspecified atom stereocenters. The van der Waals surface area contributed by atoms with Gasteiger partial charge < -0.3 is 0 Å². The lowest BCUT2D eigenvalue weighted by Crippen LogP contribution is -2.26. The van der Waals surface area contributed by atoms with Gasteiger partial charge in [-0.2, -0.15) is 0 Å². The number of thiazole rings is 2. The van der Waals surface area contributed by atoms with Crippen molar-refractivity contribution in [1.29, 1.82) is 0 Å². The van der Waals surface area contributed by atoms with Crippen LogP contribution in [0, 0.1) is 6.92 Å². The highest BCUT2D eigenvalue weighted by molar-refractivity contribution is 7.11. The van der Waals surface area contributed by atoms with E-state index in [-0.39, 0.29) is 0 Å². The van der Waals surface area contributed by atoms with E-state index in [0.29, 0.717) is 6.04 Å². The Morgan fingerprint density at radius 1 is 1.40 bits per heavy atom. The van der Waals surface area contributed by atoms with Crippen LogP contribution in [0.25, 0.3) is 0 Å². The van der Waals surface area contributed by atoms with Gasteiger partial charge in [0.25, 0.3) is 0 Å². The molecule has 1 atom stereocenters. The monoisotopic (exact) mass is 307 g/mol. The van der Waals surface area contributed by atoms with Crippen molar-refractivity contribution in [2.75, 3.05) is 7.05 Å². The van der Waals surface area contributed by atoms with Crippen molar-refractivity contribution in [2.24, 2.45) is 0 Å². The van der Waals surface area contributed by atoms with E-state index in [1.807, 2.05) is 11.3 Å². The first-order chi connectivity index (χ1) is 9.67. The van der Waals surface area contributed by atoms with Crippen molar-refractivity contribution < 1.29 is 0 Å². The molecule has 1 aliphatic rings. The number of nitrogens with zero attached hydrogens (tertiary/aromatic N) is 3. The lowest BCUT2D eigenvalue weighted by Gasteiger charge is -2.30. The Kier molecular flexibility index (Phi) is 4.19. The minimum absolute atomic E-state index is 0.526. The Balaban J connectivity index is 1.79. The molecule has 108 valence electrons. The minimum atomic E-state index is 0.526. The van der Waals surface area contributed by atoms with Gasteiger partial charge in [-0.3, -0.25) is 4.90 Å². The molecule has 0 aromatic carbocycles. The number of fused-ring (bicyclic) bond motifs is 1. The highest BCUT2D eigenvalue weighted by Crippen LogP contribution is 2.38. The fourth-order valence-corrected chi connectivity index (χ4v) is 4.72. The van der Waals surface area contributed by atoms with Gasteiger partial charge >= 0.3 is 0 Å². The van der Waals surface area contributed by atoms with E-state index in [2.05, 4.69) is 36.2 Å². The van der Waals surface area contributed by atoms with Crippen LogP contribution < -0.4 is 0 Å². The molecule has 0 amide bonds. The van der Waals surface area contributed by atoms with Crippen molar-refractivity contribution >= 4 is 22.7 Å². The van der Waals surface area contributed by atoms with E-state index < -0.39 is 0 Å². The fraction of sp³-hybridized carbons (Fsp3) is 0.600. The summed E-state index contributed by atoms with van der Waals surface area (Å²) in [6.45, 7) is 5.21. The second-order valence-electron chi connectivity index (χ2n) is 5.45. The van der Waals surface area contributed by atoms with Gasteiger partial charge in [-0.15, -0.1) is 22.7 Å². The Morgan fingerprint density at radius 3 is 2.95 bits per heavy atom. The predicted molar refractivity (Wildman–Crippen MR) is 85.5 cm³/mol. The van der Waals surface area contributed by atoms with Gasteiger partial charge in [0.05, 0.1) is 21.4 Å². The topological polar surface area (TPSA) is 29.0 Å². The molecule has 3 rings (SSSR count). The molecule has 20 heavy (non-hydrogen) atoms. The van der Waals surface area contributed by atoms with Crippen LogP contribution >= 0.6 is 22.7 Å². The van der Waals surface area contributed by atoms with Gasteiger partial charge in [-0.05, 0) is 39.7 Å². The molecule has 0 saturated heterocycles. The molecule has 0 fully saturated rings. The molecule has 0 saturated carbocycles. The lowest BCUT2D eigenvalue weighted by molar-refractivity contribution is 0.214. The molecule has 3 nitrogen and oxygen atoms in total. The fourth-order valence-electron chi connectivity index (χ4n) is 2.87. The Bertz CT molecular complexity index is 588. The maximum Gasteiger partial charge on any atom is 0.0928 e. The minimum Gasteiger partial charge on any atom is -0.293 e. The molecular formula is C15H21N3S2. The molecule has 1 aliphatic carbocycles. The summed E-state index contributed by atoms with van der Waals surface area (Å²) >= 11 is 3.66. The maximum atomic E-state index is 4.79. The van der Waals surface area contributed by atoms with Gasteiger partial charge in [0.1, 0.15) is 0 Å². The molecule has 2 aromatic rings. The summed E-state index contributed by atoms with van der Waals surface area (Å²) < 4.78 is 0. The second-order valence-corrected chi connectivity index (χ2v) is 7.63. The number of rotatable bonds is 4. The number of hydrogen-bond acceptors (Lipinski definition) is 5. The standard InChI is InChI=1S/C15H21N3S2/c1-4-14-17-12-6-5-7-13(15(12)20-14)18(3)8-11-9-19-10(2)16-11/h9,13H,4-8H2,1-3H3/t13-/m1/s1. The molecule has 2 aromatic heterocycles. The summed E-state index contributed by atoms with van der Waals surface area (Å²) in [6.07, 6.45) is 4.72. The molecule has 0 radical (unpaired) electrons. The van der Waals surface area contributed by atoms with Gasteiger partial charge in [0, 0.05) is 22.8 Å². The predicted octanol–water partition coefficient (Wildman–Crippen LogP) is 3.98. The van der Waals surface area contributed by atoms with Crippen molar-refractivity contribution in [2.45, 2.75) is 52.1 Å². The molecule has 0 bridgehead atoms. The van der Waals surface area contributed by atoms with Crippen molar-refractivity contribution in [3.05, 3.63) is 31.7 Å². The highest BCUT2D eigenvalue weighted by Gasteiger charge is 2.27. The molecule has 0 aliphatic heterocycles. The van der Waals surface area contributed by atoms with Crippen LogP contribution in [-0.2, 0) is 19.4 Å². The third-order valence-electron chi connectivity index (χ3n) is 3.88. The number of aromatic nitrogens is 2. The summed E-state index contributed by atoms with van der Waals surface area (Å²) in [6, 6.07) is 0.526. The van der Waals surface area contributed by atoms with Crippen LogP contribution in [0.1, 0.15) is 52.1 Å². The van der Waals surface area contributed by atoms with E-state index in [9.17, 15) is 0 Å². The SMILES string of the molecule is CCc1nc2c(s1)[C@H](N(C)Cc1csc(C)n1)CCC2. The zero-order chi connectivity index (χ0) is 14.1.